The molecule has 1 aromatic heterocycles. The van der Waals surface area contributed by atoms with Crippen LogP contribution in [0.1, 0.15) is 48.0 Å². The van der Waals surface area contributed by atoms with Crippen molar-refractivity contribution in [1.29, 1.82) is 0 Å². The van der Waals surface area contributed by atoms with E-state index in [4.69, 9.17) is 23.2 Å². The van der Waals surface area contributed by atoms with Gasteiger partial charge in [0.15, 0.2) is 0 Å². The molecular formula is C19H22Cl2N4O. The van der Waals surface area contributed by atoms with Gasteiger partial charge in [0.05, 0.1) is 5.56 Å². The molecule has 1 amide bonds. The molecule has 1 saturated carbocycles. The molecule has 1 heterocycles. The third kappa shape index (κ3) is 5.32. The predicted octanol–water partition coefficient (Wildman–Crippen LogP) is 4.50. The van der Waals surface area contributed by atoms with Crippen molar-refractivity contribution in [2.45, 2.75) is 44.6 Å². The van der Waals surface area contributed by atoms with Gasteiger partial charge in [-0.1, -0.05) is 48.5 Å². The fourth-order valence-corrected chi connectivity index (χ4v) is 3.59. The summed E-state index contributed by atoms with van der Waals surface area (Å²) in [5.74, 6) is 0.390. The standard InChI is InChI=1S/C19H22Cl2N4O/c20-15-7-6-13(17(21)10-15)8-9-22-19-23-11-14(12-24-19)18(26)25-16-4-2-1-3-5-16/h6-7,10-12,16H,1-5,8-9H2,(H,25,26)(H,22,23,24). The Morgan fingerprint density at radius 1 is 1.12 bits per heavy atom. The molecule has 0 atom stereocenters. The Balaban J connectivity index is 1.48. The summed E-state index contributed by atoms with van der Waals surface area (Å²) in [6.07, 6.45) is 9.58. The van der Waals surface area contributed by atoms with E-state index in [1.807, 2.05) is 12.1 Å². The molecule has 1 aromatic carbocycles. The Kier molecular flexibility index (Phi) is 6.69. The summed E-state index contributed by atoms with van der Waals surface area (Å²) in [6, 6.07) is 5.73. The predicted molar refractivity (Wildman–Crippen MR) is 105 cm³/mol. The van der Waals surface area contributed by atoms with Crippen LogP contribution < -0.4 is 10.6 Å². The highest BCUT2D eigenvalue weighted by molar-refractivity contribution is 6.35. The second kappa shape index (κ2) is 9.19. The minimum absolute atomic E-state index is 0.101. The summed E-state index contributed by atoms with van der Waals surface area (Å²) in [6.45, 7) is 0.634. The number of hydrogen-bond acceptors (Lipinski definition) is 4. The normalized spacial score (nSPS) is 14.8. The lowest BCUT2D eigenvalue weighted by atomic mass is 9.95. The molecule has 1 fully saturated rings. The van der Waals surface area contributed by atoms with Crippen molar-refractivity contribution >= 4 is 35.1 Å². The molecule has 138 valence electrons. The van der Waals surface area contributed by atoms with E-state index < -0.39 is 0 Å². The Morgan fingerprint density at radius 3 is 2.54 bits per heavy atom. The lowest BCUT2D eigenvalue weighted by Gasteiger charge is -2.22. The van der Waals surface area contributed by atoms with Gasteiger partial charge in [0.25, 0.3) is 5.91 Å². The molecule has 0 unspecified atom stereocenters. The quantitative estimate of drug-likeness (QED) is 0.758. The summed E-state index contributed by atoms with van der Waals surface area (Å²) >= 11 is 12.1. The van der Waals surface area contributed by atoms with Crippen LogP contribution in [0.4, 0.5) is 5.95 Å². The fraction of sp³-hybridized carbons (Fsp3) is 0.421. The van der Waals surface area contributed by atoms with Crippen molar-refractivity contribution in [3.05, 3.63) is 51.8 Å². The first-order chi connectivity index (χ1) is 12.6. The lowest BCUT2D eigenvalue weighted by molar-refractivity contribution is 0.0927. The number of anilines is 1. The molecule has 7 heteroatoms. The number of aromatic nitrogens is 2. The van der Waals surface area contributed by atoms with Crippen molar-refractivity contribution in [1.82, 2.24) is 15.3 Å². The van der Waals surface area contributed by atoms with Gasteiger partial charge in [0.1, 0.15) is 0 Å². The first-order valence-corrected chi connectivity index (χ1v) is 9.68. The number of nitrogens with zero attached hydrogens (tertiary/aromatic N) is 2. The lowest BCUT2D eigenvalue weighted by Crippen LogP contribution is -2.36. The number of carbonyl (C=O) groups is 1. The number of benzene rings is 1. The van der Waals surface area contributed by atoms with Crippen LogP contribution in [0, 0.1) is 0 Å². The van der Waals surface area contributed by atoms with E-state index in [-0.39, 0.29) is 11.9 Å². The van der Waals surface area contributed by atoms with Gasteiger partial charge in [0, 0.05) is 35.0 Å². The van der Waals surface area contributed by atoms with E-state index in [1.54, 1.807) is 18.5 Å². The van der Waals surface area contributed by atoms with Crippen molar-refractivity contribution in [2.75, 3.05) is 11.9 Å². The van der Waals surface area contributed by atoms with Crippen LogP contribution in [0.3, 0.4) is 0 Å². The van der Waals surface area contributed by atoms with Gasteiger partial charge in [-0.15, -0.1) is 0 Å². The van der Waals surface area contributed by atoms with Gasteiger partial charge in [0.2, 0.25) is 5.95 Å². The number of carbonyl (C=O) groups excluding carboxylic acids is 1. The summed E-state index contributed by atoms with van der Waals surface area (Å²) in [5.41, 5.74) is 1.49. The number of halogens is 2. The van der Waals surface area contributed by atoms with E-state index >= 15 is 0 Å². The molecule has 1 aliphatic carbocycles. The maximum atomic E-state index is 12.3. The van der Waals surface area contributed by atoms with Crippen LogP contribution in [0.2, 0.25) is 10.0 Å². The third-order valence-corrected chi connectivity index (χ3v) is 5.13. The highest BCUT2D eigenvalue weighted by Gasteiger charge is 2.17. The first kappa shape index (κ1) is 18.9. The van der Waals surface area contributed by atoms with Crippen LogP contribution >= 0.6 is 23.2 Å². The Labute approximate surface area is 163 Å². The minimum atomic E-state index is -0.101. The third-order valence-electron chi connectivity index (χ3n) is 4.55. The van der Waals surface area contributed by atoms with Crippen LogP contribution in [0.5, 0.6) is 0 Å². The summed E-state index contributed by atoms with van der Waals surface area (Å²) in [5, 5.41) is 7.47. The molecule has 0 bridgehead atoms. The van der Waals surface area contributed by atoms with E-state index in [1.165, 1.54) is 19.3 Å². The van der Waals surface area contributed by atoms with Crippen LogP contribution in [0.25, 0.3) is 0 Å². The number of nitrogens with one attached hydrogen (secondary N) is 2. The van der Waals surface area contributed by atoms with Crippen molar-refractivity contribution in [2.24, 2.45) is 0 Å². The Morgan fingerprint density at radius 2 is 1.85 bits per heavy atom. The molecular weight excluding hydrogens is 371 g/mol. The summed E-state index contributed by atoms with van der Waals surface area (Å²) < 4.78 is 0. The largest absolute Gasteiger partial charge is 0.354 e. The fourth-order valence-electron chi connectivity index (χ4n) is 3.09. The average molecular weight is 393 g/mol. The Hall–Kier alpha value is -1.85. The number of rotatable bonds is 6. The molecule has 0 spiro atoms. The summed E-state index contributed by atoms with van der Waals surface area (Å²) in [4.78, 5) is 20.7. The zero-order valence-electron chi connectivity index (χ0n) is 14.5. The van der Waals surface area contributed by atoms with Crippen molar-refractivity contribution in [3.63, 3.8) is 0 Å². The molecule has 0 saturated heterocycles. The maximum absolute atomic E-state index is 12.3. The number of hydrogen-bond donors (Lipinski definition) is 2. The van der Waals surface area contributed by atoms with Crippen LogP contribution in [0.15, 0.2) is 30.6 Å². The summed E-state index contributed by atoms with van der Waals surface area (Å²) in [7, 11) is 0. The molecule has 0 aliphatic heterocycles. The Bertz CT molecular complexity index is 746. The molecule has 1 aliphatic rings. The van der Waals surface area contributed by atoms with E-state index in [0.29, 0.717) is 28.1 Å². The van der Waals surface area contributed by atoms with Gasteiger partial charge in [-0.25, -0.2) is 9.97 Å². The zero-order chi connectivity index (χ0) is 18.4. The molecule has 26 heavy (non-hydrogen) atoms. The second-order valence-corrected chi connectivity index (χ2v) is 7.36. The van der Waals surface area contributed by atoms with Gasteiger partial charge in [-0.05, 0) is 37.0 Å². The van der Waals surface area contributed by atoms with Crippen molar-refractivity contribution < 1.29 is 4.79 Å². The van der Waals surface area contributed by atoms with E-state index in [9.17, 15) is 4.79 Å². The molecule has 2 N–H and O–H groups in total. The van der Waals surface area contributed by atoms with Gasteiger partial charge >= 0.3 is 0 Å². The van der Waals surface area contributed by atoms with Gasteiger partial charge in [-0.2, -0.15) is 0 Å². The highest BCUT2D eigenvalue weighted by Crippen LogP contribution is 2.21. The monoisotopic (exact) mass is 392 g/mol. The molecule has 5 nitrogen and oxygen atoms in total. The molecule has 3 rings (SSSR count). The van der Waals surface area contributed by atoms with E-state index in [2.05, 4.69) is 20.6 Å². The van der Waals surface area contributed by atoms with Crippen molar-refractivity contribution in [3.8, 4) is 0 Å². The topological polar surface area (TPSA) is 66.9 Å². The second-order valence-electron chi connectivity index (χ2n) is 6.52. The highest BCUT2D eigenvalue weighted by atomic mass is 35.5. The van der Waals surface area contributed by atoms with Crippen LogP contribution in [-0.4, -0.2) is 28.5 Å². The molecule has 0 radical (unpaired) electrons. The maximum Gasteiger partial charge on any atom is 0.254 e. The SMILES string of the molecule is O=C(NC1CCCCC1)c1cnc(NCCc2ccc(Cl)cc2Cl)nc1. The number of amides is 1. The van der Waals surface area contributed by atoms with Gasteiger partial charge < -0.3 is 10.6 Å². The first-order valence-electron chi connectivity index (χ1n) is 8.92. The van der Waals surface area contributed by atoms with Gasteiger partial charge in [-0.3, -0.25) is 4.79 Å². The minimum Gasteiger partial charge on any atom is -0.354 e. The zero-order valence-corrected chi connectivity index (χ0v) is 16.0. The average Bonchev–Trinajstić information content (AvgIpc) is 2.65. The van der Waals surface area contributed by atoms with Crippen LogP contribution in [-0.2, 0) is 6.42 Å². The van der Waals surface area contributed by atoms with E-state index in [0.717, 1.165) is 24.8 Å². The molecule has 2 aromatic rings. The smallest absolute Gasteiger partial charge is 0.254 e.